The number of hydrogen-bond donors (Lipinski definition) is 3. The molecule has 2 aromatic rings. The van der Waals surface area contributed by atoms with Crippen molar-refractivity contribution in [1.82, 2.24) is 0 Å². The lowest BCUT2D eigenvalue weighted by atomic mass is 10.2. The van der Waals surface area contributed by atoms with Crippen molar-refractivity contribution in [2.75, 3.05) is 19.8 Å². The molecule has 0 spiro atoms. The van der Waals surface area contributed by atoms with Gasteiger partial charge in [-0.1, -0.05) is 26.2 Å². The second-order valence-electron chi connectivity index (χ2n) is 5.78. The fourth-order valence-electron chi connectivity index (χ4n) is 2.31. The molecule has 7 heteroatoms. The van der Waals surface area contributed by atoms with E-state index in [1.807, 2.05) is 0 Å². The molecule has 0 aliphatic heterocycles. The fraction of sp³-hybridized carbons (Fsp3) is 0.500. The van der Waals surface area contributed by atoms with Crippen LogP contribution in [0.15, 0.2) is 27.4 Å². The van der Waals surface area contributed by atoms with Crippen molar-refractivity contribution in [2.24, 2.45) is 0 Å². The monoisotopic (exact) mass is 352 g/mol. The van der Waals surface area contributed by atoms with Crippen LogP contribution in [0.1, 0.15) is 32.6 Å². The van der Waals surface area contributed by atoms with Crippen LogP contribution in [-0.4, -0.2) is 41.2 Å². The molecule has 0 bridgehead atoms. The van der Waals surface area contributed by atoms with Crippen LogP contribution in [0, 0.1) is 0 Å². The number of aromatic hydroxyl groups is 1. The van der Waals surface area contributed by atoms with E-state index in [-0.39, 0.29) is 23.7 Å². The van der Waals surface area contributed by atoms with E-state index in [0.29, 0.717) is 17.7 Å². The molecule has 1 heterocycles. The summed E-state index contributed by atoms with van der Waals surface area (Å²) in [6.45, 7) is 1.93. The Bertz CT molecular complexity index is 738. The Kier molecular flexibility index (Phi) is 7.09. The van der Waals surface area contributed by atoms with Crippen LogP contribution >= 0.6 is 0 Å². The average molecular weight is 352 g/mol. The summed E-state index contributed by atoms with van der Waals surface area (Å²) in [4.78, 5) is 12.0. The van der Waals surface area contributed by atoms with Crippen LogP contribution in [0.3, 0.4) is 0 Å². The van der Waals surface area contributed by atoms with Crippen LogP contribution < -0.4 is 15.1 Å². The predicted octanol–water partition coefficient (Wildman–Crippen LogP) is 2.19. The van der Waals surface area contributed by atoms with E-state index in [4.69, 9.17) is 19.0 Å². The normalized spacial score (nSPS) is 12.3. The quantitative estimate of drug-likeness (QED) is 0.444. The van der Waals surface area contributed by atoms with E-state index < -0.39 is 18.3 Å². The van der Waals surface area contributed by atoms with Gasteiger partial charge in [0, 0.05) is 6.07 Å². The predicted molar refractivity (Wildman–Crippen MR) is 92.4 cm³/mol. The van der Waals surface area contributed by atoms with Gasteiger partial charge in [-0.25, -0.2) is 4.79 Å². The summed E-state index contributed by atoms with van der Waals surface area (Å²) in [7, 11) is 0. The Morgan fingerprint density at radius 1 is 1.20 bits per heavy atom. The Morgan fingerprint density at radius 3 is 2.72 bits per heavy atom. The smallest absolute Gasteiger partial charge is 0.383 e. The van der Waals surface area contributed by atoms with Gasteiger partial charge in [0.1, 0.15) is 24.0 Å². The van der Waals surface area contributed by atoms with E-state index in [0.717, 1.165) is 25.7 Å². The SMILES string of the molecule is CCCCCCOc1c(O)c2ccc(OCC(O)CO)cc2oc1=O. The Labute approximate surface area is 145 Å². The Balaban J connectivity index is 2.14. The maximum absolute atomic E-state index is 12.0. The minimum absolute atomic E-state index is 0.100. The number of fused-ring (bicyclic) bond motifs is 1. The number of aliphatic hydroxyl groups is 2. The van der Waals surface area contributed by atoms with Gasteiger partial charge in [-0.15, -0.1) is 0 Å². The number of unbranched alkanes of at least 4 members (excludes halogenated alkanes) is 3. The first-order valence-electron chi connectivity index (χ1n) is 8.41. The maximum Gasteiger partial charge on any atom is 0.383 e. The van der Waals surface area contributed by atoms with Gasteiger partial charge < -0.3 is 29.2 Å². The van der Waals surface area contributed by atoms with Crippen LogP contribution in [0.5, 0.6) is 17.2 Å². The summed E-state index contributed by atoms with van der Waals surface area (Å²) in [5.41, 5.74) is -0.607. The van der Waals surface area contributed by atoms with Gasteiger partial charge in [0.15, 0.2) is 5.75 Å². The summed E-state index contributed by atoms with van der Waals surface area (Å²) in [5, 5.41) is 28.7. The van der Waals surface area contributed by atoms with Crippen LogP contribution in [-0.2, 0) is 0 Å². The van der Waals surface area contributed by atoms with Crippen molar-refractivity contribution >= 4 is 11.0 Å². The lowest BCUT2D eigenvalue weighted by molar-refractivity contribution is 0.0536. The standard InChI is InChI=1S/C18H24O7/c1-2-3-4-5-8-23-17-16(21)14-7-6-13(24-11-12(20)10-19)9-15(14)25-18(17)22/h6-7,9,12,19-21H,2-5,8,10-11H2,1H3. The molecule has 0 amide bonds. The number of aliphatic hydroxyl groups excluding tert-OH is 2. The molecule has 0 radical (unpaired) electrons. The van der Waals surface area contributed by atoms with Gasteiger partial charge in [-0.2, -0.15) is 0 Å². The van der Waals surface area contributed by atoms with Crippen molar-refractivity contribution < 1.29 is 29.2 Å². The van der Waals surface area contributed by atoms with Gasteiger partial charge in [0.2, 0.25) is 5.75 Å². The molecule has 0 aliphatic carbocycles. The first-order valence-corrected chi connectivity index (χ1v) is 8.41. The molecular formula is C18H24O7. The van der Waals surface area contributed by atoms with Crippen LogP contribution in [0.2, 0.25) is 0 Å². The molecule has 138 valence electrons. The van der Waals surface area contributed by atoms with Gasteiger partial charge >= 0.3 is 5.63 Å². The molecular weight excluding hydrogens is 328 g/mol. The Hall–Kier alpha value is -2.25. The van der Waals surface area contributed by atoms with E-state index in [9.17, 15) is 15.0 Å². The average Bonchev–Trinajstić information content (AvgIpc) is 2.61. The number of benzene rings is 1. The zero-order chi connectivity index (χ0) is 18.2. The van der Waals surface area contributed by atoms with E-state index in [2.05, 4.69) is 6.92 Å². The van der Waals surface area contributed by atoms with Gasteiger partial charge in [0.05, 0.1) is 18.6 Å². The zero-order valence-corrected chi connectivity index (χ0v) is 14.2. The third-order valence-corrected chi connectivity index (χ3v) is 3.71. The van der Waals surface area contributed by atoms with Crippen molar-refractivity contribution in [2.45, 2.75) is 38.7 Å². The molecule has 3 N–H and O–H groups in total. The minimum Gasteiger partial charge on any atom is -0.504 e. The molecule has 2 rings (SSSR count). The molecule has 1 aromatic heterocycles. The maximum atomic E-state index is 12.0. The highest BCUT2D eigenvalue weighted by Gasteiger charge is 2.16. The van der Waals surface area contributed by atoms with Gasteiger partial charge in [-0.05, 0) is 18.6 Å². The largest absolute Gasteiger partial charge is 0.504 e. The topological polar surface area (TPSA) is 109 Å². The number of hydrogen-bond acceptors (Lipinski definition) is 7. The molecule has 0 saturated heterocycles. The van der Waals surface area contributed by atoms with Gasteiger partial charge in [-0.3, -0.25) is 0 Å². The first kappa shape index (κ1) is 19.1. The fourth-order valence-corrected chi connectivity index (χ4v) is 2.31. The summed E-state index contributed by atoms with van der Waals surface area (Å²) < 4.78 is 15.9. The van der Waals surface area contributed by atoms with Crippen LogP contribution in [0.4, 0.5) is 0 Å². The summed E-state index contributed by atoms with van der Waals surface area (Å²) >= 11 is 0. The second kappa shape index (κ2) is 9.29. The number of ether oxygens (including phenoxy) is 2. The highest BCUT2D eigenvalue weighted by atomic mass is 16.5. The van der Waals surface area contributed by atoms with Crippen molar-refractivity contribution in [3.05, 3.63) is 28.6 Å². The van der Waals surface area contributed by atoms with E-state index >= 15 is 0 Å². The van der Waals surface area contributed by atoms with Gasteiger partial charge in [0.25, 0.3) is 0 Å². The second-order valence-corrected chi connectivity index (χ2v) is 5.78. The molecule has 0 fully saturated rings. The van der Waals surface area contributed by atoms with Crippen molar-refractivity contribution in [3.63, 3.8) is 0 Å². The van der Waals surface area contributed by atoms with Crippen molar-refractivity contribution in [3.8, 4) is 17.2 Å². The van der Waals surface area contributed by atoms with Crippen LogP contribution in [0.25, 0.3) is 11.0 Å². The third-order valence-electron chi connectivity index (χ3n) is 3.71. The first-order chi connectivity index (χ1) is 12.1. The Morgan fingerprint density at radius 2 is 2.00 bits per heavy atom. The van der Waals surface area contributed by atoms with E-state index in [1.165, 1.54) is 12.1 Å². The molecule has 7 nitrogen and oxygen atoms in total. The zero-order valence-electron chi connectivity index (χ0n) is 14.2. The molecule has 0 aliphatic rings. The lowest BCUT2D eigenvalue weighted by Gasteiger charge is -2.11. The molecule has 25 heavy (non-hydrogen) atoms. The van der Waals surface area contributed by atoms with Crippen molar-refractivity contribution in [1.29, 1.82) is 0 Å². The highest BCUT2D eigenvalue weighted by Crippen LogP contribution is 2.33. The summed E-state index contributed by atoms with van der Waals surface area (Å²) in [5.74, 6) is -0.104. The minimum atomic E-state index is -1.00. The highest BCUT2D eigenvalue weighted by molar-refractivity contribution is 5.86. The third kappa shape index (κ3) is 5.11. The summed E-state index contributed by atoms with van der Waals surface area (Å²) in [6.07, 6.45) is 2.99. The lowest BCUT2D eigenvalue weighted by Crippen LogP contribution is -2.21. The number of rotatable bonds is 10. The molecule has 1 atom stereocenters. The molecule has 1 unspecified atom stereocenters. The molecule has 1 aromatic carbocycles. The molecule has 0 saturated carbocycles. The summed E-state index contributed by atoms with van der Waals surface area (Å²) in [6, 6.07) is 4.54. The van der Waals surface area contributed by atoms with E-state index in [1.54, 1.807) is 6.07 Å².